The maximum Gasteiger partial charge on any atom is 0.119 e. The van der Waals surface area contributed by atoms with Crippen LogP contribution in [-0.2, 0) is 13.0 Å². The predicted molar refractivity (Wildman–Crippen MR) is 84.5 cm³/mol. The zero-order chi connectivity index (χ0) is 14.4. The number of piperidine rings is 1. The molecule has 0 amide bonds. The molecular weight excluding hydrogens is 262 g/mol. The van der Waals surface area contributed by atoms with E-state index in [-0.39, 0.29) is 0 Å². The highest BCUT2D eigenvalue weighted by atomic mass is 16.5. The zero-order valence-electron chi connectivity index (χ0n) is 12.4. The molecular formula is C17H21N3O. The molecule has 0 radical (unpaired) electrons. The van der Waals surface area contributed by atoms with E-state index in [4.69, 9.17) is 15.5 Å². The average molecular weight is 283 g/mol. The lowest BCUT2D eigenvalue weighted by molar-refractivity contribution is 0.126. The number of rotatable bonds is 1. The van der Waals surface area contributed by atoms with E-state index in [9.17, 15) is 0 Å². The maximum atomic E-state index is 6.46. The highest BCUT2D eigenvalue weighted by molar-refractivity contribution is 5.93. The lowest BCUT2D eigenvalue weighted by Crippen LogP contribution is -2.44. The number of hydrogen-bond acceptors (Lipinski definition) is 4. The molecule has 4 heteroatoms. The minimum absolute atomic E-state index is 0.661. The lowest BCUT2D eigenvalue weighted by Gasteiger charge is -2.40. The molecule has 1 atom stereocenters. The Morgan fingerprint density at radius 1 is 1.33 bits per heavy atom. The van der Waals surface area contributed by atoms with Crippen molar-refractivity contribution in [1.29, 1.82) is 0 Å². The first-order valence-corrected chi connectivity index (χ1v) is 7.75. The van der Waals surface area contributed by atoms with Crippen LogP contribution in [0.4, 0.5) is 5.69 Å². The Morgan fingerprint density at radius 3 is 3.10 bits per heavy atom. The molecule has 2 N–H and O–H groups in total. The van der Waals surface area contributed by atoms with Gasteiger partial charge in [0, 0.05) is 41.3 Å². The summed E-state index contributed by atoms with van der Waals surface area (Å²) in [6.07, 6.45) is 4.99. The summed E-state index contributed by atoms with van der Waals surface area (Å²) in [6.45, 7) is 2.14. The van der Waals surface area contributed by atoms with E-state index in [1.54, 1.807) is 7.11 Å². The molecule has 1 aromatic carbocycles. The summed E-state index contributed by atoms with van der Waals surface area (Å²) in [4.78, 5) is 7.46. The SMILES string of the molecule is COc1ccc2nc3c(c(N)c2c1)CN1CCCCC1C3. The average Bonchev–Trinajstić information content (AvgIpc) is 2.53. The first kappa shape index (κ1) is 12.9. The predicted octanol–water partition coefficient (Wildman–Crippen LogP) is 2.74. The Hall–Kier alpha value is -1.81. The van der Waals surface area contributed by atoms with Gasteiger partial charge in [-0.05, 0) is 37.6 Å². The fourth-order valence-corrected chi connectivity index (χ4v) is 3.76. The molecule has 1 aromatic heterocycles. The van der Waals surface area contributed by atoms with Gasteiger partial charge < -0.3 is 10.5 Å². The molecule has 2 aliphatic heterocycles. The van der Waals surface area contributed by atoms with Crippen LogP contribution < -0.4 is 10.5 Å². The molecule has 0 saturated carbocycles. The van der Waals surface area contributed by atoms with Crippen LogP contribution in [0.25, 0.3) is 10.9 Å². The fourth-order valence-electron chi connectivity index (χ4n) is 3.76. The first-order valence-electron chi connectivity index (χ1n) is 7.75. The van der Waals surface area contributed by atoms with Crippen molar-refractivity contribution < 1.29 is 4.74 Å². The van der Waals surface area contributed by atoms with Gasteiger partial charge in [0.1, 0.15) is 5.75 Å². The molecule has 21 heavy (non-hydrogen) atoms. The van der Waals surface area contributed by atoms with E-state index in [0.29, 0.717) is 6.04 Å². The number of hydrogen-bond donors (Lipinski definition) is 1. The molecule has 0 aliphatic carbocycles. The van der Waals surface area contributed by atoms with E-state index in [0.717, 1.165) is 35.3 Å². The van der Waals surface area contributed by atoms with Crippen molar-refractivity contribution in [2.45, 2.75) is 38.3 Å². The number of methoxy groups -OCH3 is 1. The van der Waals surface area contributed by atoms with Gasteiger partial charge in [-0.1, -0.05) is 6.42 Å². The van der Waals surface area contributed by atoms with E-state index < -0.39 is 0 Å². The van der Waals surface area contributed by atoms with Crippen LogP contribution in [0.5, 0.6) is 5.75 Å². The molecule has 110 valence electrons. The van der Waals surface area contributed by atoms with Crippen molar-refractivity contribution in [2.24, 2.45) is 0 Å². The van der Waals surface area contributed by atoms with E-state index >= 15 is 0 Å². The molecule has 4 nitrogen and oxygen atoms in total. The Balaban J connectivity index is 1.84. The molecule has 3 heterocycles. The summed E-state index contributed by atoms with van der Waals surface area (Å²) in [5, 5.41) is 1.02. The van der Waals surface area contributed by atoms with Gasteiger partial charge in [0.25, 0.3) is 0 Å². The standard InChI is InChI=1S/C17H21N3O/c1-21-12-5-6-15-13(9-12)17(18)14-10-20-7-3-2-4-11(20)8-16(14)19-15/h5-6,9,11H,2-4,7-8,10H2,1H3,(H2,18,19). The van der Waals surface area contributed by atoms with Gasteiger partial charge in [0.2, 0.25) is 0 Å². The minimum atomic E-state index is 0.661. The Morgan fingerprint density at radius 2 is 2.24 bits per heavy atom. The number of anilines is 1. The van der Waals surface area contributed by atoms with Crippen LogP contribution in [0.15, 0.2) is 18.2 Å². The summed E-state index contributed by atoms with van der Waals surface area (Å²) < 4.78 is 5.31. The minimum Gasteiger partial charge on any atom is -0.497 e. The number of fused-ring (bicyclic) bond motifs is 3. The van der Waals surface area contributed by atoms with Gasteiger partial charge >= 0.3 is 0 Å². The highest BCUT2D eigenvalue weighted by Crippen LogP contribution is 2.35. The number of benzene rings is 1. The fraction of sp³-hybridized carbons (Fsp3) is 0.471. The topological polar surface area (TPSA) is 51.4 Å². The Bertz CT molecular complexity index is 698. The maximum absolute atomic E-state index is 6.46. The van der Waals surface area contributed by atoms with Crippen molar-refractivity contribution in [3.8, 4) is 5.75 Å². The smallest absolute Gasteiger partial charge is 0.119 e. The molecule has 1 unspecified atom stereocenters. The summed E-state index contributed by atoms with van der Waals surface area (Å²) in [5.41, 5.74) is 10.8. The van der Waals surface area contributed by atoms with Crippen molar-refractivity contribution in [1.82, 2.24) is 9.88 Å². The van der Waals surface area contributed by atoms with E-state index in [1.807, 2.05) is 18.2 Å². The largest absolute Gasteiger partial charge is 0.497 e. The lowest BCUT2D eigenvalue weighted by atomic mass is 9.90. The Labute approximate surface area is 124 Å². The van der Waals surface area contributed by atoms with Crippen LogP contribution >= 0.6 is 0 Å². The molecule has 4 rings (SSSR count). The molecule has 0 bridgehead atoms. The van der Waals surface area contributed by atoms with Crippen LogP contribution in [0, 0.1) is 0 Å². The quantitative estimate of drug-likeness (QED) is 0.874. The van der Waals surface area contributed by atoms with Gasteiger partial charge in [-0.25, -0.2) is 0 Å². The van der Waals surface area contributed by atoms with Crippen LogP contribution in [-0.4, -0.2) is 29.6 Å². The summed E-state index contributed by atoms with van der Waals surface area (Å²) in [6, 6.07) is 6.63. The second kappa shape index (κ2) is 4.88. The third kappa shape index (κ3) is 2.05. The summed E-state index contributed by atoms with van der Waals surface area (Å²) in [7, 11) is 1.68. The first-order chi connectivity index (χ1) is 10.3. The Kier molecular flexibility index (Phi) is 3.00. The van der Waals surface area contributed by atoms with Gasteiger partial charge in [-0.2, -0.15) is 0 Å². The number of nitrogen functional groups attached to an aromatic ring is 1. The van der Waals surface area contributed by atoms with Crippen LogP contribution in [0.2, 0.25) is 0 Å². The third-order valence-electron chi connectivity index (χ3n) is 4.96. The molecule has 2 aliphatic rings. The number of pyridine rings is 1. The zero-order valence-corrected chi connectivity index (χ0v) is 12.4. The van der Waals surface area contributed by atoms with Crippen molar-refractivity contribution in [2.75, 3.05) is 19.4 Å². The van der Waals surface area contributed by atoms with Gasteiger partial charge in [0.15, 0.2) is 0 Å². The highest BCUT2D eigenvalue weighted by Gasteiger charge is 2.30. The summed E-state index contributed by atoms with van der Waals surface area (Å²) >= 11 is 0. The van der Waals surface area contributed by atoms with Gasteiger partial charge in [0.05, 0.1) is 12.6 Å². The van der Waals surface area contributed by atoms with Crippen molar-refractivity contribution >= 4 is 16.6 Å². The van der Waals surface area contributed by atoms with Crippen LogP contribution in [0.3, 0.4) is 0 Å². The van der Waals surface area contributed by atoms with Crippen molar-refractivity contribution in [3.05, 3.63) is 29.5 Å². The normalized spacial score (nSPS) is 21.9. The molecule has 2 aromatic rings. The van der Waals surface area contributed by atoms with Crippen LogP contribution in [0.1, 0.15) is 30.5 Å². The van der Waals surface area contributed by atoms with Gasteiger partial charge in [-0.15, -0.1) is 0 Å². The van der Waals surface area contributed by atoms with Gasteiger partial charge in [-0.3, -0.25) is 9.88 Å². The van der Waals surface area contributed by atoms with E-state index in [1.165, 1.54) is 37.1 Å². The monoisotopic (exact) mass is 283 g/mol. The number of ether oxygens (including phenoxy) is 1. The third-order valence-corrected chi connectivity index (χ3v) is 4.96. The number of nitrogens with two attached hydrogens (primary N) is 1. The molecule has 1 fully saturated rings. The van der Waals surface area contributed by atoms with Crippen molar-refractivity contribution in [3.63, 3.8) is 0 Å². The summed E-state index contributed by atoms with van der Waals surface area (Å²) in [5.74, 6) is 0.836. The number of nitrogens with zero attached hydrogens (tertiary/aromatic N) is 2. The number of aromatic nitrogens is 1. The molecule has 1 saturated heterocycles. The second-order valence-corrected chi connectivity index (χ2v) is 6.16. The second-order valence-electron chi connectivity index (χ2n) is 6.16. The molecule has 0 spiro atoms. The van der Waals surface area contributed by atoms with E-state index in [2.05, 4.69) is 4.90 Å².